The van der Waals surface area contributed by atoms with Gasteiger partial charge in [0.15, 0.2) is 17.5 Å². The number of nitrogens with one attached hydrogen (secondary N) is 2. The molecule has 32 heavy (non-hydrogen) atoms. The quantitative estimate of drug-likeness (QED) is 0.421. The summed E-state index contributed by atoms with van der Waals surface area (Å²) in [7, 11) is 1.00. The van der Waals surface area contributed by atoms with Gasteiger partial charge >= 0.3 is 0 Å². The summed E-state index contributed by atoms with van der Waals surface area (Å²) in [6, 6.07) is 3.56. The van der Waals surface area contributed by atoms with E-state index in [1.54, 1.807) is 17.2 Å². The summed E-state index contributed by atoms with van der Waals surface area (Å²) in [5.41, 5.74) is 7.84. The van der Waals surface area contributed by atoms with Gasteiger partial charge in [0, 0.05) is 24.9 Å². The molecule has 0 atom stereocenters. The first kappa shape index (κ1) is 23.3. The first-order valence-electron chi connectivity index (χ1n) is 10.7. The van der Waals surface area contributed by atoms with Gasteiger partial charge in [0.1, 0.15) is 5.69 Å². The second-order valence-electron chi connectivity index (χ2n) is 7.75. The predicted molar refractivity (Wildman–Crippen MR) is 125 cm³/mol. The Kier molecular flexibility index (Phi) is 7.82. The number of hydrogen-bond donors (Lipinski definition) is 4. The lowest BCUT2D eigenvalue weighted by molar-refractivity contribution is -0.117. The second kappa shape index (κ2) is 10.8. The van der Waals surface area contributed by atoms with Crippen LogP contribution in [0.3, 0.4) is 0 Å². The number of anilines is 2. The molecule has 1 saturated carbocycles. The van der Waals surface area contributed by atoms with Crippen molar-refractivity contribution in [2.45, 2.75) is 39.0 Å². The van der Waals surface area contributed by atoms with Crippen LogP contribution >= 0.6 is 0 Å². The molecule has 0 saturated heterocycles. The lowest BCUT2D eigenvalue weighted by Gasteiger charge is -2.33. The number of carbonyl (C=O) groups excluding carboxylic acids is 1. The number of carbonyl (C=O) groups is 1. The van der Waals surface area contributed by atoms with Gasteiger partial charge in [0.25, 0.3) is 0 Å². The third kappa shape index (κ3) is 5.08. The molecule has 0 unspecified atom stereocenters. The van der Waals surface area contributed by atoms with E-state index in [1.807, 2.05) is 13.0 Å². The van der Waals surface area contributed by atoms with Crippen LogP contribution < -0.4 is 16.0 Å². The number of aryl methyl sites for hydroxylation is 1. The van der Waals surface area contributed by atoms with Gasteiger partial charge in [0.05, 0.1) is 24.8 Å². The van der Waals surface area contributed by atoms with Crippen LogP contribution in [0.1, 0.15) is 43.5 Å². The summed E-state index contributed by atoms with van der Waals surface area (Å²) in [5.74, 6) is 1.75. The smallest absolute Gasteiger partial charge is 0.247 e. The van der Waals surface area contributed by atoms with E-state index >= 15 is 0 Å². The molecule has 1 aliphatic carbocycles. The van der Waals surface area contributed by atoms with Crippen molar-refractivity contribution in [3.63, 3.8) is 0 Å². The minimum Gasteiger partial charge on any atom is -0.400 e. The van der Waals surface area contributed by atoms with Gasteiger partial charge in [-0.05, 0) is 37.8 Å². The third-order valence-electron chi connectivity index (χ3n) is 5.69. The Morgan fingerprint density at radius 1 is 1.31 bits per heavy atom. The lowest BCUT2D eigenvalue weighted by Crippen LogP contribution is -2.43. The summed E-state index contributed by atoms with van der Waals surface area (Å²) >= 11 is 0. The highest BCUT2D eigenvalue weighted by atomic mass is 16.2. The van der Waals surface area contributed by atoms with Crippen molar-refractivity contribution >= 4 is 29.7 Å². The van der Waals surface area contributed by atoms with Crippen molar-refractivity contribution in [3.8, 4) is 11.3 Å². The van der Waals surface area contributed by atoms with E-state index in [0.29, 0.717) is 41.2 Å². The number of rotatable bonds is 4. The average molecular weight is 439 g/mol. The van der Waals surface area contributed by atoms with E-state index in [-0.39, 0.29) is 18.3 Å². The van der Waals surface area contributed by atoms with E-state index in [0.717, 1.165) is 31.9 Å². The molecule has 4 rings (SSSR count). The largest absolute Gasteiger partial charge is 0.400 e. The van der Waals surface area contributed by atoms with Gasteiger partial charge in [-0.15, -0.1) is 0 Å². The number of aromatic nitrogens is 3. The highest BCUT2D eigenvalue weighted by molar-refractivity contribution is 6.01. The number of pyridine rings is 1. The first-order valence-corrected chi connectivity index (χ1v) is 10.7. The zero-order valence-electron chi connectivity index (χ0n) is 18.5. The predicted octanol–water partition coefficient (Wildman–Crippen LogP) is 2.11. The molecule has 1 amide bonds. The Hall–Kier alpha value is -3.40. The summed E-state index contributed by atoms with van der Waals surface area (Å²) in [5, 5.41) is 18.0. The van der Waals surface area contributed by atoms with Gasteiger partial charge in [-0.2, -0.15) is 0 Å². The number of hydrogen-bond acceptors (Lipinski definition) is 7. The van der Waals surface area contributed by atoms with Crippen LogP contribution in [0, 0.1) is 18.3 Å². The molecule has 2 aromatic heterocycles. The van der Waals surface area contributed by atoms with Crippen LogP contribution in [0.15, 0.2) is 23.3 Å². The van der Waals surface area contributed by atoms with E-state index in [9.17, 15) is 4.79 Å². The Balaban J connectivity index is 0.00000141. The Morgan fingerprint density at radius 2 is 2.06 bits per heavy atom. The number of amidine groups is 1. The summed E-state index contributed by atoms with van der Waals surface area (Å²) in [4.78, 5) is 32.0. The van der Waals surface area contributed by atoms with Crippen LogP contribution in [0.2, 0.25) is 0 Å². The van der Waals surface area contributed by atoms with Crippen LogP contribution in [0.5, 0.6) is 0 Å². The molecular formula is C22H30N8O2. The normalized spacial score (nSPS) is 16.2. The van der Waals surface area contributed by atoms with Crippen molar-refractivity contribution in [3.05, 3.63) is 29.7 Å². The fourth-order valence-corrected chi connectivity index (χ4v) is 4.12. The van der Waals surface area contributed by atoms with Gasteiger partial charge < -0.3 is 16.2 Å². The number of fused-ring (bicyclic) bond motifs is 1. The summed E-state index contributed by atoms with van der Waals surface area (Å²) in [6.07, 6.45) is 8.81. The van der Waals surface area contributed by atoms with Gasteiger partial charge in [-0.25, -0.2) is 19.9 Å². The van der Waals surface area contributed by atoms with E-state index in [1.165, 1.54) is 19.3 Å². The fraction of sp³-hybridized carbons (Fsp3) is 0.455. The molecule has 1 fully saturated rings. The zero-order chi connectivity index (χ0) is 23.1. The molecule has 2 aromatic rings. The number of aliphatic hydroxyl groups excluding tert-OH is 1. The maximum absolute atomic E-state index is 12.7. The fourth-order valence-electron chi connectivity index (χ4n) is 4.12. The molecule has 0 aromatic carbocycles. The first-order chi connectivity index (χ1) is 15.6. The molecule has 0 spiro atoms. The maximum Gasteiger partial charge on any atom is 0.247 e. The molecule has 5 N–H and O–H groups in total. The minimum atomic E-state index is -0.00266. The average Bonchev–Trinajstić information content (AvgIpc) is 2.83. The van der Waals surface area contributed by atoms with Crippen molar-refractivity contribution in [2.24, 2.45) is 16.6 Å². The molecule has 2 aliphatic rings. The van der Waals surface area contributed by atoms with E-state index < -0.39 is 0 Å². The van der Waals surface area contributed by atoms with Gasteiger partial charge in [0.2, 0.25) is 5.91 Å². The standard InChI is InChI=1S/C21H26N8O.CH4O/c1-13-15(7-8-16(27-13)19(23)26-12-22)17-9-24-20-21(28-17)29(18(30)10-25-20)11-14-5-3-2-4-6-14;1-2/h7-9,12,14H,2-6,10-11H2,1H3,(H,24,25)(H3,22,23,26);2H,1H3. The van der Waals surface area contributed by atoms with Crippen LogP contribution in [0.4, 0.5) is 11.6 Å². The molecule has 0 bridgehead atoms. The lowest BCUT2D eigenvalue weighted by atomic mass is 9.89. The number of amides is 1. The molecular weight excluding hydrogens is 408 g/mol. The summed E-state index contributed by atoms with van der Waals surface area (Å²) < 4.78 is 0. The number of nitrogens with two attached hydrogens (primary N) is 1. The molecule has 0 radical (unpaired) electrons. The SMILES string of the molecule is CO.Cc1nc(C(=N)N=CN)ccc1-c1cnc2c(n1)N(CC1CCCCC1)C(=O)CN2. The maximum atomic E-state index is 12.7. The molecule has 3 heterocycles. The van der Waals surface area contributed by atoms with Crippen molar-refractivity contribution in [1.29, 1.82) is 5.41 Å². The van der Waals surface area contributed by atoms with Crippen LogP contribution in [-0.4, -0.2) is 58.3 Å². The van der Waals surface area contributed by atoms with Crippen molar-refractivity contribution in [1.82, 2.24) is 15.0 Å². The van der Waals surface area contributed by atoms with E-state index in [2.05, 4.69) is 20.3 Å². The van der Waals surface area contributed by atoms with Crippen LogP contribution in [-0.2, 0) is 4.79 Å². The molecule has 1 aliphatic heterocycles. The topological polar surface area (TPSA) is 153 Å². The Labute approximate surface area is 187 Å². The van der Waals surface area contributed by atoms with Gasteiger partial charge in [-0.3, -0.25) is 15.1 Å². The number of aliphatic imine (C=N–C) groups is 1. The highest BCUT2D eigenvalue weighted by Gasteiger charge is 2.29. The zero-order valence-corrected chi connectivity index (χ0v) is 18.5. The molecule has 10 nitrogen and oxygen atoms in total. The number of nitrogens with zero attached hydrogens (tertiary/aromatic N) is 5. The molecule has 10 heteroatoms. The molecule has 170 valence electrons. The Morgan fingerprint density at radius 3 is 2.75 bits per heavy atom. The van der Waals surface area contributed by atoms with E-state index in [4.69, 9.17) is 21.2 Å². The van der Waals surface area contributed by atoms with Crippen molar-refractivity contribution < 1.29 is 9.90 Å². The third-order valence-corrected chi connectivity index (χ3v) is 5.69. The number of aliphatic hydroxyl groups is 1. The Bertz CT molecular complexity index is 1000. The monoisotopic (exact) mass is 438 g/mol. The second-order valence-corrected chi connectivity index (χ2v) is 7.75. The van der Waals surface area contributed by atoms with Gasteiger partial charge in [-0.1, -0.05) is 19.3 Å². The highest BCUT2D eigenvalue weighted by Crippen LogP contribution is 2.32. The van der Waals surface area contributed by atoms with Crippen molar-refractivity contribution in [2.75, 3.05) is 30.4 Å². The van der Waals surface area contributed by atoms with Crippen LogP contribution in [0.25, 0.3) is 11.3 Å². The summed E-state index contributed by atoms with van der Waals surface area (Å²) in [6.45, 7) is 2.78. The minimum absolute atomic E-state index is 0.00266.